The van der Waals surface area contributed by atoms with E-state index in [1.165, 1.54) is 11.3 Å². The fourth-order valence-corrected chi connectivity index (χ4v) is 3.65. The molecule has 116 valence electrons. The average molecular weight is 319 g/mol. The summed E-state index contributed by atoms with van der Waals surface area (Å²) in [6, 6.07) is 5.72. The van der Waals surface area contributed by atoms with Crippen LogP contribution in [0, 0.1) is 12.8 Å². The minimum absolute atomic E-state index is 0.0479. The van der Waals surface area contributed by atoms with E-state index in [0.29, 0.717) is 30.8 Å². The van der Waals surface area contributed by atoms with Crippen molar-refractivity contribution in [3.8, 4) is 10.6 Å². The van der Waals surface area contributed by atoms with Gasteiger partial charge in [-0.05, 0) is 44.7 Å². The number of amides is 1. The molecule has 1 amide bonds. The SMILES string of the molecule is Cc1nc(NC(=O)C2CCC(F)CC2)sc1-c1ccccn1. The van der Waals surface area contributed by atoms with Crippen molar-refractivity contribution in [1.82, 2.24) is 9.97 Å². The molecule has 3 rings (SSSR count). The van der Waals surface area contributed by atoms with Crippen molar-refractivity contribution >= 4 is 22.4 Å². The van der Waals surface area contributed by atoms with Crippen LogP contribution in [0.5, 0.6) is 0 Å². The molecular formula is C16H18FN3OS. The number of nitrogens with zero attached hydrogens (tertiary/aromatic N) is 2. The highest BCUT2D eigenvalue weighted by Gasteiger charge is 2.26. The highest BCUT2D eigenvalue weighted by atomic mass is 32.1. The van der Waals surface area contributed by atoms with Gasteiger partial charge < -0.3 is 5.32 Å². The standard InChI is InChI=1S/C16H18FN3OS/c1-10-14(13-4-2-3-9-18-13)22-16(19-10)20-15(21)11-5-7-12(17)8-6-11/h2-4,9,11-12H,5-8H2,1H3,(H,19,20,21). The topological polar surface area (TPSA) is 54.9 Å². The monoisotopic (exact) mass is 319 g/mol. The van der Waals surface area contributed by atoms with E-state index in [4.69, 9.17) is 0 Å². The van der Waals surface area contributed by atoms with Crippen LogP contribution in [0.4, 0.5) is 9.52 Å². The first-order valence-corrected chi connectivity index (χ1v) is 8.29. The summed E-state index contributed by atoms with van der Waals surface area (Å²) in [5, 5.41) is 3.46. The summed E-state index contributed by atoms with van der Waals surface area (Å²) in [7, 11) is 0. The highest BCUT2D eigenvalue weighted by molar-refractivity contribution is 7.19. The van der Waals surface area contributed by atoms with E-state index in [2.05, 4.69) is 15.3 Å². The van der Waals surface area contributed by atoms with Gasteiger partial charge in [0.1, 0.15) is 6.17 Å². The molecule has 1 fully saturated rings. The summed E-state index contributed by atoms with van der Waals surface area (Å²) < 4.78 is 13.1. The molecule has 2 aromatic heterocycles. The number of halogens is 1. The molecule has 1 aliphatic carbocycles. The third-order valence-electron chi connectivity index (χ3n) is 3.95. The molecule has 0 aliphatic heterocycles. The van der Waals surface area contributed by atoms with Gasteiger partial charge in [-0.1, -0.05) is 17.4 Å². The Hall–Kier alpha value is -1.82. The lowest BCUT2D eigenvalue weighted by atomic mass is 9.87. The number of aromatic nitrogens is 2. The van der Waals surface area contributed by atoms with Gasteiger partial charge in [-0.2, -0.15) is 0 Å². The van der Waals surface area contributed by atoms with Crippen molar-refractivity contribution in [2.45, 2.75) is 38.8 Å². The first-order valence-electron chi connectivity index (χ1n) is 7.47. The second kappa shape index (κ2) is 6.52. The summed E-state index contributed by atoms with van der Waals surface area (Å²) in [4.78, 5) is 21.9. The Balaban J connectivity index is 1.70. The maximum Gasteiger partial charge on any atom is 0.229 e. The second-order valence-corrected chi connectivity index (χ2v) is 6.59. The molecule has 0 radical (unpaired) electrons. The van der Waals surface area contributed by atoms with Gasteiger partial charge >= 0.3 is 0 Å². The zero-order chi connectivity index (χ0) is 15.5. The lowest BCUT2D eigenvalue weighted by molar-refractivity contribution is -0.121. The minimum Gasteiger partial charge on any atom is -0.302 e. The van der Waals surface area contributed by atoms with Crippen LogP contribution < -0.4 is 5.32 Å². The molecule has 6 heteroatoms. The number of rotatable bonds is 3. The van der Waals surface area contributed by atoms with E-state index in [1.54, 1.807) is 6.20 Å². The third kappa shape index (κ3) is 3.32. The molecule has 0 bridgehead atoms. The van der Waals surface area contributed by atoms with Gasteiger partial charge in [0, 0.05) is 12.1 Å². The Kier molecular flexibility index (Phi) is 4.47. The average Bonchev–Trinajstić information content (AvgIpc) is 2.89. The molecule has 1 aliphatic rings. The Morgan fingerprint density at radius 1 is 1.32 bits per heavy atom. The Morgan fingerprint density at radius 3 is 2.77 bits per heavy atom. The van der Waals surface area contributed by atoms with E-state index < -0.39 is 6.17 Å². The highest BCUT2D eigenvalue weighted by Crippen LogP contribution is 2.32. The van der Waals surface area contributed by atoms with E-state index in [1.807, 2.05) is 25.1 Å². The number of anilines is 1. The number of carbonyl (C=O) groups excluding carboxylic acids is 1. The first kappa shape index (κ1) is 15.1. The Labute approximate surface area is 132 Å². The van der Waals surface area contributed by atoms with Gasteiger partial charge in [0.25, 0.3) is 0 Å². The maximum atomic E-state index is 13.1. The van der Waals surface area contributed by atoms with Gasteiger partial charge in [-0.3, -0.25) is 9.78 Å². The summed E-state index contributed by atoms with van der Waals surface area (Å²) in [5.74, 6) is -0.150. The minimum atomic E-state index is -0.748. The second-order valence-electron chi connectivity index (χ2n) is 5.59. The van der Waals surface area contributed by atoms with Crippen molar-refractivity contribution in [3.05, 3.63) is 30.1 Å². The summed E-state index contributed by atoms with van der Waals surface area (Å²) in [6.07, 6.45) is 3.18. The molecule has 1 N–H and O–H groups in total. The molecule has 22 heavy (non-hydrogen) atoms. The number of thiazole rings is 1. The maximum absolute atomic E-state index is 13.1. The molecular weight excluding hydrogens is 301 g/mol. The van der Waals surface area contributed by atoms with Gasteiger partial charge in [0.15, 0.2) is 5.13 Å². The van der Waals surface area contributed by atoms with Crippen LogP contribution in [0.2, 0.25) is 0 Å². The fraction of sp³-hybridized carbons (Fsp3) is 0.438. The zero-order valence-corrected chi connectivity index (χ0v) is 13.2. The van der Waals surface area contributed by atoms with Crippen molar-refractivity contribution < 1.29 is 9.18 Å². The van der Waals surface area contributed by atoms with Gasteiger partial charge in [0.2, 0.25) is 5.91 Å². The normalized spacial score (nSPS) is 21.5. The Morgan fingerprint density at radius 2 is 2.09 bits per heavy atom. The number of aryl methyl sites for hydroxylation is 1. The van der Waals surface area contributed by atoms with Gasteiger partial charge in [-0.25, -0.2) is 9.37 Å². The van der Waals surface area contributed by atoms with E-state index >= 15 is 0 Å². The van der Waals surface area contributed by atoms with Crippen LogP contribution in [0.3, 0.4) is 0 Å². The molecule has 0 spiro atoms. The lowest BCUT2D eigenvalue weighted by Crippen LogP contribution is -2.27. The smallest absolute Gasteiger partial charge is 0.229 e. The number of hydrogen-bond acceptors (Lipinski definition) is 4. The predicted octanol–water partition coefficient (Wildman–Crippen LogP) is 3.98. The summed E-state index contributed by atoms with van der Waals surface area (Å²) in [6.45, 7) is 1.91. The first-order chi connectivity index (χ1) is 10.6. The largest absolute Gasteiger partial charge is 0.302 e. The molecule has 0 unspecified atom stereocenters. The zero-order valence-electron chi connectivity index (χ0n) is 12.4. The summed E-state index contributed by atoms with van der Waals surface area (Å²) >= 11 is 1.43. The van der Waals surface area contributed by atoms with E-state index in [9.17, 15) is 9.18 Å². The van der Waals surface area contributed by atoms with Crippen molar-refractivity contribution in [1.29, 1.82) is 0 Å². The number of hydrogen-bond donors (Lipinski definition) is 1. The lowest BCUT2D eigenvalue weighted by Gasteiger charge is -2.22. The summed E-state index contributed by atoms with van der Waals surface area (Å²) in [5.41, 5.74) is 1.71. The fourth-order valence-electron chi connectivity index (χ4n) is 2.71. The molecule has 0 saturated heterocycles. The van der Waals surface area contributed by atoms with Crippen LogP contribution in [0.15, 0.2) is 24.4 Å². The third-order valence-corrected chi connectivity index (χ3v) is 5.05. The van der Waals surface area contributed by atoms with Gasteiger partial charge in [-0.15, -0.1) is 0 Å². The van der Waals surface area contributed by atoms with Crippen LogP contribution in [0.25, 0.3) is 10.6 Å². The number of pyridine rings is 1. The van der Waals surface area contributed by atoms with Gasteiger partial charge in [0.05, 0.1) is 16.3 Å². The predicted molar refractivity (Wildman–Crippen MR) is 85.6 cm³/mol. The number of alkyl halides is 1. The number of nitrogens with one attached hydrogen (secondary N) is 1. The van der Waals surface area contributed by atoms with Crippen LogP contribution in [-0.2, 0) is 4.79 Å². The Bertz CT molecular complexity index is 651. The van der Waals surface area contributed by atoms with E-state index in [0.717, 1.165) is 16.3 Å². The van der Waals surface area contributed by atoms with Crippen LogP contribution >= 0.6 is 11.3 Å². The van der Waals surface area contributed by atoms with Crippen molar-refractivity contribution in [2.75, 3.05) is 5.32 Å². The number of carbonyl (C=O) groups is 1. The van der Waals surface area contributed by atoms with Crippen molar-refractivity contribution in [3.63, 3.8) is 0 Å². The van der Waals surface area contributed by atoms with Crippen molar-refractivity contribution in [2.24, 2.45) is 5.92 Å². The molecule has 2 heterocycles. The molecule has 1 saturated carbocycles. The van der Waals surface area contributed by atoms with E-state index in [-0.39, 0.29) is 11.8 Å². The molecule has 0 aromatic carbocycles. The molecule has 0 atom stereocenters. The van der Waals surface area contributed by atoms with Crippen LogP contribution in [0.1, 0.15) is 31.4 Å². The molecule has 2 aromatic rings. The molecule has 4 nitrogen and oxygen atoms in total. The quantitative estimate of drug-likeness (QED) is 0.931. The van der Waals surface area contributed by atoms with Crippen LogP contribution in [-0.4, -0.2) is 22.0 Å².